The van der Waals surface area contributed by atoms with Crippen LogP contribution in [0.3, 0.4) is 0 Å². The highest BCUT2D eigenvalue weighted by Gasteiger charge is 2.40. The number of methoxy groups -OCH3 is 2. The maximum atomic E-state index is 13.8. The number of thiazole rings is 1. The summed E-state index contributed by atoms with van der Waals surface area (Å²) < 4.78 is 13.0. The third-order valence-electron chi connectivity index (χ3n) is 6.41. The van der Waals surface area contributed by atoms with Gasteiger partial charge in [0.2, 0.25) is 0 Å². The molecule has 2 aliphatic rings. The van der Waals surface area contributed by atoms with Crippen molar-refractivity contribution in [1.82, 2.24) is 4.57 Å². The topological polar surface area (TPSA) is 69.9 Å². The predicted molar refractivity (Wildman–Crippen MR) is 137 cm³/mol. The first-order valence-electron chi connectivity index (χ1n) is 11.3. The first-order valence-corrected chi connectivity index (χ1v) is 12.5. The largest absolute Gasteiger partial charge is 0.497 e. The predicted octanol–water partition coefficient (Wildman–Crippen LogP) is 4.28. The Kier molecular flexibility index (Phi) is 5.93. The Morgan fingerprint density at radius 2 is 1.83 bits per heavy atom. The Morgan fingerprint density at radius 3 is 2.51 bits per heavy atom. The molecule has 0 fully saturated rings. The molecule has 0 bridgehead atoms. The zero-order valence-corrected chi connectivity index (χ0v) is 21.5. The summed E-state index contributed by atoms with van der Waals surface area (Å²) in [6.45, 7) is 4.15. The molecule has 1 unspecified atom stereocenters. The Hall–Kier alpha value is -3.16. The van der Waals surface area contributed by atoms with Crippen molar-refractivity contribution in [3.8, 4) is 11.5 Å². The van der Waals surface area contributed by atoms with Crippen LogP contribution in [-0.2, 0) is 4.79 Å². The fraction of sp³-hybridized carbons (Fsp3) is 0.296. The van der Waals surface area contributed by atoms with Gasteiger partial charge in [-0.25, -0.2) is 4.99 Å². The van der Waals surface area contributed by atoms with Crippen LogP contribution >= 0.6 is 22.9 Å². The summed E-state index contributed by atoms with van der Waals surface area (Å²) in [7, 11) is 3.17. The fourth-order valence-corrected chi connectivity index (χ4v) is 5.93. The molecule has 0 radical (unpaired) electrons. The molecule has 3 aromatic rings. The molecule has 8 heteroatoms. The molecular formula is C27H25ClN2O4S. The first kappa shape index (κ1) is 23.6. The van der Waals surface area contributed by atoms with Crippen molar-refractivity contribution < 1.29 is 14.3 Å². The van der Waals surface area contributed by atoms with E-state index in [4.69, 9.17) is 26.1 Å². The summed E-state index contributed by atoms with van der Waals surface area (Å²) in [6, 6.07) is 12.2. The molecule has 0 spiro atoms. The van der Waals surface area contributed by atoms with Gasteiger partial charge in [-0.1, -0.05) is 48.9 Å². The number of hydrogen-bond acceptors (Lipinski definition) is 6. The van der Waals surface area contributed by atoms with Crippen LogP contribution in [-0.4, -0.2) is 24.6 Å². The maximum Gasteiger partial charge on any atom is 0.271 e. The molecule has 5 rings (SSSR count). The minimum absolute atomic E-state index is 0.0334. The van der Waals surface area contributed by atoms with E-state index in [0.717, 1.165) is 16.8 Å². The Balaban J connectivity index is 1.75. The lowest BCUT2D eigenvalue weighted by Gasteiger charge is -2.35. The molecule has 1 aliphatic carbocycles. The lowest BCUT2D eigenvalue weighted by molar-refractivity contribution is -0.118. The van der Waals surface area contributed by atoms with Gasteiger partial charge in [0.05, 0.1) is 30.5 Å². The van der Waals surface area contributed by atoms with Crippen LogP contribution in [0.5, 0.6) is 11.5 Å². The number of allylic oxidation sites excluding steroid dienone is 2. The van der Waals surface area contributed by atoms with E-state index in [1.54, 1.807) is 43.1 Å². The van der Waals surface area contributed by atoms with E-state index in [9.17, 15) is 9.59 Å². The minimum atomic E-state index is -0.540. The van der Waals surface area contributed by atoms with E-state index >= 15 is 0 Å². The van der Waals surface area contributed by atoms with Crippen molar-refractivity contribution in [3.05, 3.63) is 89.6 Å². The number of carbonyl (C=O) groups is 1. The van der Waals surface area contributed by atoms with Gasteiger partial charge >= 0.3 is 0 Å². The Bertz CT molecular complexity index is 1550. The van der Waals surface area contributed by atoms with Gasteiger partial charge in [-0.05, 0) is 47.7 Å². The lowest BCUT2D eigenvalue weighted by Crippen LogP contribution is -2.42. The third-order valence-corrected chi connectivity index (χ3v) is 7.64. The highest BCUT2D eigenvalue weighted by Crippen LogP contribution is 2.43. The number of aromatic nitrogens is 1. The van der Waals surface area contributed by atoms with Gasteiger partial charge in [-0.3, -0.25) is 14.2 Å². The molecule has 1 aromatic heterocycles. The van der Waals surface area contributed by atoms with E-state index < -0.39 is 6.04 Å². The van der Waals surface area contributed by atoms with Gasteiger partial charge in [0.25, 0.3) is 5.56 Å². The van der Waals surface area contributed by atoms with Gasteiger partial charge in [-0.15, -0.1) is 0 Å². The van der Waals surface area contributed by atoms with Crippen molar-refractivity contribution in [3.63, 3.8) is 0 Å². The number of Topliss-reactive ketones (excluding diaryl/α,β-unsaturated/α-hetero) is 1. The normalized spacial score (nSPS) is 19.2. The van der Waals surface area contributed by atoms with Crippen molar-refractivity contribution in [2.45, 2.75) is 32.7 Å². The summed E-state index contributed by atoms with van der Waals surface area (Å²) >= 11 is 7.45. The maximum absolute atomic E-state index is 13.8. The van der Waals surface area contributed by atoms with Crippen molar-refractivity contribution in [1.29, 1.82) is 0 Å². The molecule has 6 nitrogen and oxygen atoms in total. The molecule has 0 saturated carbocycles. The number of benzene rings is 2. The highest BCUT2D eigenvalue weighted by molar-refractivity contribution is 7.07. The molecule has 0 N–H and O–H groups in total. The fourth-order valence-electron chi connectivity index (χ4n) is 4.79. The second-order valence-corrected chi connectivity index (χ2v) is 11.0. The number of ether oxygens (including phenoxy) is 2. The zero-order valence-electron chi connectivity index (χ0n) is 19.9. The van der Waals surface area contributed by atoms with Crippen LogP contribution in [0.4, 0.5) is 0 Å². The van der Waals surface area contributed by atoms with E-state index in [1.165, 1.54) is 11.3 Å². The second kappa shape index (κ2) is 8.81. The number of fused-ring (bicyclic) bond motifs is 1. The standard InChI is InChI=1S/C27H25ClN2O4S/c1-27(2)13-19-23(20(31)14-27)24(15-5-8-17(28)9-6-15)30-25(32)22(35-26(30)29-19)11-16-7-10-18(33-3)12-21(16)34-4/h5-12,24H,13-14H2,1-4H3. The van der Waals surface area contributed by atoms with Crippen LogP contribution in [0.1, 0.15) is 43.9 Å². The van der Waals surface area contributed by atoms with Crippen LogP contribution in [0.2, 0.25) is 5.02 Å². The SMILES string of the molecule is COc1ccc(C=c2sc3n(c2=O)C(c2ccc(Cl)cc2)C2=C(CC(C)(C)CC2=O)N=3)c(OC)c1. The minimum Gasteiger partial charge on any atom is -0.497 e. The molecule has 0 saturated heterocycles. The molecule has 180 valence electrons. The molecule has 1 atom stereocenters. The van der Waals surface area contributed by atoms with Crippen LogP contribution in [0, 0.1) is 5.41 Å². The summed E-state index contributed by atoms with van der Waals surface area (Å²) in [5.41, 5.74) is 2.57. The monoisotopic (exact) mass is 508 g/mol. The average molecular weight is 509 g/mol. The lowest BCUT2D eigenvalue weighted by atomic mass is 9.73. The smallest absolute Gasteiger partial charge is 0.271 e. The van der Waals surface area contributed by atoms with Gasteiger partial charge in [-0.2, -0.15) is 0 Å². The number of halogens is 1. The number of nitrogens with zero attached hydrogens (tertiary/aromatic N) is 2. The van der Waals surface area contributed by atoms with Crippen LogP contribution in [0.25, 0.3) is 6.08 Å². The van der Waals surface area contributed by atoms with Gasteiger partial charge in [0.15, 0.2) is 10.6 Å². The van der Waals surface area contributed by atoms with Crippen LogP contribution in [0.15, 0.2) is 63.5 Å². The summed E-state index contributed by atoms with van der Waals surface area (Å²) in [4.78, 5) is 32.5. The second-order valence-electron chi connectivity index (χ2n) is 9.54. The van der Waals surface area contributed by atoms with Crippen molar-refractivity contribution in [2.24, 2.45) is 10.4 Å². The van der Waals surface area contributed by atoms with E-state index in [1.807, 2.05) is 24.3 Å². The molecule has 2 heterocycles. The number of hydrogen-bond donors (Lipinski definition) is 0. The molecular weight excluding hydrogens is 484 g/mol. The highest BCUT2D eigenvalue weighted by atomic mass is 35.5. The average Bonchev–Trinajstić information content (AvgIpc) is 3.12. The molecule has 1 aliphatic heterocycles. The van der Waals surface area contributed by atoms with E-state index in [-0.39, 0.29) is 16.8 Å². The first-order chi connectivity index (χ1) is 16.7. The quantitative estimate of drug-likeness (QED) is 0.527. The Labute approximate surface area is 211 Å². The van der Waals surface area contributed by atoms with Crippen molar-refractivity contribution >= 4 is 34.8 Å². The summed E-state index contributed by atoms with van der Waals surface area (Å²) in [5.74, 6) is 1.30. The van der Waals surface area contributed by atoms with Crippen LogP contribution < -0.4 is 24.4 Å². The van der Waals surface area contributed by atoms with Gasteiger partial charge in [0, 0.05) is 28.6 Å². The summed E-state index contributed by atoms with van der Waals surface area (Å²) in [5, 5.41) is 0.595. The van der Waals surface area contributed by atoms with E-state index in [2.05, 4.69) is 13.8 Å². The number of rotatable bonds is 4. The van der Waals surface area contributed by atoms with Gasteiger partial charge in [0.1, 0.15) is 11.5 Å². The Morgan fingerprint density at radius 1 is 1.09 bits per heavy atom. The molecule has 0 amide bonds. The number of ketones is 1. The molecule has 35 heavy (non-hydrogen) atoms. The summed E-state index contributed by atoms with van der Waals surface area (Å²) in [6.07, 6.45) is 2.90. The van der Waals surface area contributed by atoms with E-state index in [0.29, 0.717) is 44.3 Å². The number of carbonyl (C=O) groups excluding carboxylic acids is 1. The third kappa shape index (κ3) is 4.23. The molecule has 2 aromatic carbocycles. The van der Waals surface area contributed by atoms with Gasteiger partial charge < -0.3 is 9.47 Å². The van der Waals surface area contributed by atoms with Crippen molar-refractivity contribution in [2.75, 3.05) is 14.2 Å². The zero-order chi connectivity index (χ0) is 24.9.